The fourth-order valence-electron chi connectivity index (χ4n) is 3.93. The van der Waals surface area contributed by atoms with Crippen molar-refractivity contribution in [2.24, 2.45) is 0 Å². The molecule has 0 radical (unpaired) electrons. The van der Waals surface area contributed by atoms with Gasteiger partial charge >= 0.3 is 0 Å². The largest absolute Gasteiger partial charge is 0.365 e. The van der Waals surface area contributed by atoms with Crippen molar-refractivity contribution in [2.45, 2.75) is 16.2 Å². The first-order valence-corrected chi connectivity index (χ1v) is 14.3. The van der Waals surface area contributed by atoms with Gasteiger partial charge in [-0.1, -0.05) is 35.9 Å². The highest BCUT2D eigenvalue weighted by molar-refractivity contribution is 7.92. The molecule has 0 fully saturated rings. The van der Waals surface area contributed by atoms with Gasteiger partial charge in [0.05, 0.1) is 21.2 Å². The summed E-state index contributed by atoms with van der Waals surface area (Å²) in [5.74, 6) is -0.392. The number of nitrogens with zero attached hydrogens (tertiary/aromatic N) is 2. The van der Waals surface area contributed by atoms with E-state index in [2.05, 4.69) is 4.72 Å². The van der Waals surface area contributed by atoms with Crippen LogP contribution in [0, 0.1) is 5.82 Å². The normalized spacial score (nSPS) is 14.6. The van der Waals surface area contributed by atoms with Crippen LogP contribution in [-0.4, -0.2) is 48.3 Å². The number of sulfonamides is 2. The third-order valence-corrected chi connectivity index (χ3v) is 9.34. The standard InChI is InChI=1S/C25H25ClFN3O4S2/c1-29(2)36(33,34)21-10-8-20(9-11-21)35(31,32)28-24-6-4-3-5-22(24)18-13-15-30(16-14-18)25-12-7-19(26)17-23(25)27/h3-13,17,28H,14-16H2,1-2H3. The van der Waals surface area contributed by atoms with Gasteiger partial charge in [-0.2, -0.15) is 0 Å². The molecule has 0 atom stereocenters. The van der Waals surface area contributed by atoms with Crippen LogP contribution in [0.4, 0.5) is 15.8 Å². The van der Waals surface area contributed by atoms with Crippen molar-refractivity contribution < 1.29 is 21.2 Å². The predicted molar refractivity (Wildman–Crippen MR) is 141 cm³/mol. The van der Waals surface area contributed by atoms with Crippen LogP contribution in [0.1, 0.15) is 12.0 Å². The number of hydrogen-bond donors (Lipinski definition) is 1. The second-order valence-electron chi connectivity index (χ2n) is 8.43. The van der Waals surface area contributed by atoms with Crippen molar-refractivity contribution in [2.75, 3.05) is 36.8 Å². The predicted octanol–water partition coefficient (Wildman–Crippen LogP) is 4.82. The van der Waals surface area contributed by atoms with Crippen molar-refractivity contribution in [3.05, 3.63) is 89.2 Å². The lowest BCUT2D eigenvalue weighted by atomic mass is 9.97. The molecule has 36 heavy (non-hydrogen) atoms. The fourth-order valence-corrected chi connectivity index (χ4v) is 6.07. The molecule has 3 aromatic rings. The van der Waals surface area contributed by atoms with E-state index in [1.807, 2.05) is 23.1 Å². The van der Waals surface area contributed by atoms with Gasteiger partial charge in [0.2, 0.25) is 10.0 Å². The Labute approximate surface area is 215 Å². The van der Waals surface area contributed by atoms with E-state index in [1.54, 1.807) is 24.3 Å². The van der Waals surface area contributed by atoms with Crippen LogP contribution in [0.25, 0.3) is 5.57 Å². The van der Waals surface area contributed by atoms with Gasteiger partial charge in [-0.3, -0.25) is 4.72 Å². The highest BCUT2D eigenvalue weighted by atomic mass is 35.5. The summed E-state index contributed by atoms with van der Waals surface area (Å²) in [7, 11) is -4.84. The lowest BCUT2D eigenvalue weighted by Gasteiger charge is -2.29. The van der Waals surface area contributed by atoms with Gasteiger partial charge in [0.25, 0.3) is 10.0 Å². The molecule has 0 spiro atoms. The zero-order valence-electron chi connectivity index (χ0n) is 19.6. The zero-order valence-corrected chi connectivity index (χ0v) is 22.0. The molecule has 0 aromatic heterocycles. The molecule has 0 saturated heterocycles. The molecule has 190 valence electrons. The minimum atomic E-state index is -3.98. The highest BCUT2D eigenvalue weighted by Crippen LogP contribution is 2.33. The minimum absolute atomic E-state index is 0.000824. The Balaban J connectivity index is 1.56. The molecular weight excluding hydrogens is 525 g/mol. The number of rotatable bonds is 7. The Hall–Kier alpha value is -2.92. The Morgan fingerprint density at radius 1 is 0.944 bits per heavy atom. The quantitative estimate of drug-likeness (QED) is 0.456. The molecule has 4 rings (SSSR count). The van der Waals surface area contributed by atoms with Gasteiger partial charge in [-0.05, 0) is 60.5 Å². The lowest BCUT2D eigenvalue weighted by molar-refractivity contribution is 0.520. The van der Waals surface area contributed by atoms with Crippen molar-refractivity contribution in [1.29, 1.82) is 0 Å². The molecule has 1 aliphatic rings. The molecule has 0 aliphatic carbocycles. The van der Waals surface area contributed by atoms with Gasteiger partial charge in [0.15, 0.2) is 0 Å². The van der Waals surface area contributed by atoms with Crippen LogP contribution in [0.15, 0.2) is 82.6 Å². The average Bonchev–Trinajstić information content (AvgIpc) is 2.84. The van der Waals surface area contributed by atoms with Gasteiger partial charge in [0.1, 0.15) is 5.82 Å². The molecule has 11 heteroatoms. The Morgan fingerprint density at radius 2 is 1.61 bits per heavy atom. The van der Waals surface area contributed by atoms with Crippen molar-refractivity contribution >= 4 is 48.6 Å². The summed E-state index contributed by atoms with van der Waals surface area (Å²) in [6.07, 6.45) is 2.53. The summed E-state index contributed by atoms with van der Waals surface area (Å²) >= 11 is 5.86. The smallest absolute Gasteiger partial charge is 0.261 e. The van der Waals surface area contributed by atoms with Crippen LogP contribution in [0.5, 0.6) is 0 Å². The van der Waals surface area contributed by atoms with Crippen LogP contribution >= 0.6 is 11.6 Å². The fraction of sp³-hybridized carbons (Fsp3) is 0.200. The summed E-state index contributed by atoms with van der Waals surface area (Å²) in [4.78, 5) is 1.84. The first kappa shape index (κ1) is 26.2. The Morgan fingerprint density at radius 3 is 2.22 bits per heavy atom. The Bertz CT molecular complexity index is 1520. The third kappa shape index (κ3) is 5.41. The summed E-state index contributed by atoms with van der Waals surface area (Å²) in [6, 6.07) is 16.7. The van der Waals surface area contributed by atoms with E-state index < -0.39 is 25.9 Å². The van der Waals surface area contributed by atoms with Gasteiger partial charge in [-0.25, -0.2) is 25.5 Å². The maximum atomic E-state index is 14.3. The van der Waals surface area contributed by atoms with Gasteiger partial charge in [-0.15, -0.1) is 0 Å². The van der Waals surface area contributed by atoms with Crippen LogP contribution in [0.2, 0.25) is 5.02 Å². The molecule has 0 unspecified atom stereocenters. The van der Waals surface area contributed by atoms with Crippen LogP contribution in [-0.2, 0) is 20.0 Å². The number of nitrogens with one attached hydrogen (secondary N) is 1. The number of halogens is 2. The molecule has 1 N–H and O–H groups in total. The maximum absolute atomic E-state index is 14.3. The van der Waals surface area contributed by atoms with E-state index in [0.717, 1.165) is 15.4 Å². The molecular formula is C25H25ClFN3O4S2. The maximum Gasteiger partial charge on any atom is 0.261 e. The van der Waals surface area contributed by atoms with E-state index in [-0.39, 0.29) is 9.79 Å². The lowest BCUT2D eigenvalue weighted by Crippen LogP contribution is -2.29. The summed E-state index contributed by atoms with van der Waals surface area (Å²) < 4.78 is 68.7. The van der Waals surface area contributed by atoms with E-state index in [9.17, 15) is 21.2 Å². The summed E-state index contributed by atoms with van der Waals surface area (Å²) in [5.41, 5.74) is 2.53. The van der Waals surface area contributed by atoms with Gasteiger partial charge in [0, 0.05) is 37.8 Å². The van der Waals surface area contributed by atoms with E-state index in [4.69, 9.17) is 11.6 Å². The monoisotopic (exact) mass is 549 g/mol. The van der Waals surface area contributed by atoms with Crippen molar-refractivity contribution in [1.82, 2.24) is 4.31 Å². The van der Waals surface area contributed by atoms with Gasteiger partial charge < -0.3 is 4.90 Å². The Kier molecular flexibility index (Phi) is 7.42. The highest BCUT2D eigenvalue weighted by Gasteiger charge is 2.22. The van der Waals surface area contributed by atoms with Crippen molar-refractivity contribution in [3.8, 4) is 0 Å². The topological polar surface area (TPSA) is 86.8 Å². The first-order valence-electron chi connectivity index (χ1n) is 11.0. The minimum Gasteiger partial charge on any atom is -0.365 e. The second-order valence-corrected chi connectivity index (χ2v) is 12.7. The van der Waals surface area contributed by atoms with E-state index in [1.165, 1.54) is 44.4 Å². The number of anilines is 2. The number of para-hydroxylation sites is 1. The summed E-state index contributed by atoms with van der Waals surface area (Å²) in [5, 5.41) is 0.333. The third-order valence-electron chi connectivity index (χ3n) is 5.89. The molecule has 0 saturated carbocycles. The number of benzene rings is 3. The van der Waals surface area contributed by atoms with Crippen LogP contribution < -0.4 is 9.62 Å². The summed E-state index contributed by atoms with van der Waals surface area (Å²) in [6.45, 7) is 1.00. The van der Waals surface area contributed by atoms with E-state index in [0.29, 0.717) is 35.9 Å². The number of hydrogen-bond acceptors (Lipinski definition) is 5. The first-order chi connectivity index (χ1) is 17.0. The molecule has 3 aromatic carbocycles. The van der Waals surface area contributed by atoms with Crippen LogP contribution in [0.3, 0.4) is 0 Å². The molecule has 7 nitrogen and oxygen atoms in total. The zero-order chi connectivity index (χ0) is 26.1. The second kappa shape index (κ2) is 10.2. The van der Waals surface area contributed by atoms with E-state index >= 15 is 0 Å². The molecule has 0 bridgehead atoms. The molecule has 0 amide bonds. The SMILES string of the molecule is CN(C)S(=O)(=O)c1ccc(S(=O)(=O)Nc2ccccc2C2=CCN(c3ccc(Cl)cc3F)CC2)cc1. The van der Waals surface area contributed by atoms with Crippen molar-refractivity contribution in [3.63, 3.8) is 0 Å². The molecule has 1 aliphatic heterocycles. The molecule has 1 heterocycles. The average molecular weight is 550 g/mol.